The zero-order valence-corrected chi connectivity index (χ0v) is 11.5. The Morgan fingerprint density at radius 2 is 1.90 bits per heavy atom. The van der Waals surface area contributed by atoms with Crippen molar-refractivity contribution in [1.29, 1.82) is 0 Å². The lowest BCUT2D eigenvalue weighted by Crippen LogP contribution is -2.52. The maximum absolute atomic E-state index is 9.39. The second-order valence-corrected chi connectivity index (χ2v) is 6.30. The number of phenolic OH excluding ortho intramolecular Hbond substituents is 1. The fourth-order valence-electron chi connectivity index (χ4n) is 3.91. The summed E-state index contributed by atoms with van der Waals surface area (Å²) >= 11 is 0. The van der Waals surface area contributed by atoms with Gasteiger partial charge in [-0.05, 0) is 54.4 Å². The molecule has 1 aromatic rings. The number of allylic oxidation sites excluding steroid dienone is 2. The first-order valence-corrected chi connectivity index (χ1v) is 7.50. The third-order valence-electron chi connectivity index (χ3n) is 5.17. The van der Waals surface area contributed by atoms with Crippen LogP contribution in [-0.4, -0.2) is 17.7 Å². The van der Waals surface area contributed by atoms with Gasteiger partial charge in [-0.2, -0.15) is 0 Å². The molecule has 1 saturated carbocycles. The smallest absolute Gasteiger partial charge is 0.174 e. The molecule has 106 valence electrons. The number of hydrogen-bond acceptors (Lipinski definition) is 3. The van der Waals surface area contributed by atoms with Gasteiger partial charge in [0.1, 0.15) is 5.75 Å². The van der Waals surface area contributed by atoms with Gasteiger partial charge in [-0.1, -0.05) is 18.2 Å². The number of aromatic hydroxyl groups is 1. The average molecular weight is 272 g/mol. The largest absolute Gasteiger partial charge is 0.508 e. The third-order valence-corrected chi connectivity index (χ3v) is 5.17. The van der Waals surface area contributed by atoms with Gasteiger partial charge < -0.3 is 14.6 Å². The predicted molar refractivity (Wildman–Crippen MR) is 75.9 cm³/mol. The fraction of sp³-hybridized carbons (Fsp3) is 0.529. The normalized spacial score (nSPS) is 31.3. The molecule has 3 nitrogen and oxygen atoms in total. The van der Waals surface area contributed by atoms with Gasteiger partial charge in [0.15, 0.2) is 12.6 Å². The van der Waals surface area contributed by atoms with Crippen LogP contribution >= 0.6 is 0 Å². The summed E-state index contributed by atoms with van der Waals surface area (Å²) in [6, 6.07) is 7.58. The van der Waals surface area contributed by atoms with Crippen LogP contribution in [-0.2, 0) is 9.47 Å². The van der Waals surface area contributed by atoms with Crippen molar-refractivity contribution in [2.45, 2.75) is 37.9 Å². The van der Waals surface area contributed by atoms with E-state index in [0.717, 1.165) is 31.6 Å². The van der Waals surface area contributed by atoms with Crippen molar-refractivity contribution in [2.75, 3.05) is 6.79 Å². The molecule has 1 aromatic carbocycles. The van der Waals surface area contributed by atoms with Gasteiger partial charge in [0.2, 0.25) is 0 Å². The molecule has 1 aliphatic heterocycles. The van der Waals surface area contributed by atoms with E-state index in [4.69, 9.17) is 9.47 Å². The van der Waals surface area contributed by atoms with Crippen LogP contribution in [0.2, 0.25) is 0 Å². The number of benzene rings is 1. The third kappa shape index (κ3) is 2.05. The van der Waals surface area contributed by atoms with E-state index in [1.54, 1.807) is 12.1 Å². The maximum atomic E-state index is 9.39. The topological polar surface area (TPSA) is 38.7 Å². The van der Waals surface area contributed by atoms with E-state index >= 15 is 0 Å². The summed E-state index contributed by atoms with van der Waals surface area (Å²) in [6.45, 7) is 0.478. The highest BCUT2D eigenvalue weighted by Crippen LogP contribution is 2.49. The molecule has 4 rings (SSSR count). The van der Waals surface area contributed by atoms with Crippen LogP contribution in [0.25, 0.3) is 5.57 Å². The van der Waals surface area contributed by atoms with Crippen LogP contribution in [0.1, 0.15) is 37.7 Å². The average Bonchev–Trinajstić information content (AvgIpc) is 2.45. The van der Waals surface area contributed by atoms with Gasteiger partial charge in [0.25, 0.3) is 0 Å². The fourth-order valence-corrected chi connectivity index (χ4v) is 3.91. The second-order valence-electron chi connectivity index (χ2n) is 6.30. The van der Waals surface area contributed by atoms with Gasteiger partial charge in [-0.15, -0.1) is 0 Å². The first-order valence-electron chi connectivity index (χ1n) is 7.50. The first-order chi connectivity index (χ1) is 9.74. The zero-order valence-electron chi connectivity index (χ0n) is 11.5. The van der Waals surface area contributed by atoms with Gasteiger partial charge in [-0.3, -0.25) is 0 Å². The Hall–Kier alpha value is -1.32. The van der Waals surface area contributed by atoms with Crippen molar-refractivity contribution in [3.63, 3.8) is 0 Å². The van der Waals surface area contributed by atoms with Crippen molar-refractivity contribution in [3.8, 4) is 5.75 Å². The Bertz CT molecular complexity index is 528. The van der Waals surface area contributed by atoms with Crippen molar-refractivity contribution in [3.05, 3.63) is 35.9 Å². The molecule has 2 atom stereocenters. The number of phenols is 1. The van der Waals surface area contributed by atoms with Crippen LogP contribution in [0.3, 0.4) is 0 Å². The van der Waals surface area contributed by atoms with E-state index < -0.39 is 0 Å². The number of ether oxygens (including phenoxy) is 2. The minimum absolute atomic E-state index is 0.231. The van der Waals surface area contributed by atoms with Gasteiger partial charge >= 0.3 is 0 Å². The summed E-state index contributed by atoms with van der Waals surface area (Å²) < 4.78 is 11.3. The quantitative estimate of drug-likeness (QED) is 0.847. The summed E-state index contributed by atoms with van der Waals surface area (Å²) in [5, 5.41) is 9.39. The predicted octanol–water partition coefficient (Wildman–Crippen LogP) is 3.69. The molecule has 0 aromatic heterocycles. The van der Waals surface area contributed by atoms with Crippen molar-refractivity contribution < 1.29 is 14.6 Å². The van der Waals surface area contributed by atoms with E-state index in [2.05, 4.69) is 6.08 Å². The molecule has 2 fully saturated rings. The lowest BCUT2D eigenvalue weighted by molar-refractivity contribution is -0.413. The molecule has 1 heterocycles. The van der Waals surface area contributed by atoms with E-state index in [-0.39, 0.29) is 5.79 Å². The molecule has 1 saturated heterocycles. The summed E-state index contributed by atoms with van der Waals surface area (Å²) in [6.07, 6.45) is 7.92. The second kappa shape index (κ2) is 4.61. The van der Waals surface area contributed by atoms with Crippen molar-refractivity contribution >= 4 is 5.57 Å². The molecule has 3 heteroatoms. The molecule has 1 spiro atoms. The monoisotopic (exact) mass is 272 g/mol. The Morgan fingerprint density at radius 1 is 1.10 bits per heavy atom. The highest BCUT2D eigenvalue weighted by atomic mass is 16.9. The molecular weight excluding hydrogens is 252 g/mol. The van der Waals surface area contributed by atoms with Gasteiger partial charge in [0.05, 0.1) is 0 Å². The van der Waals surface area contributed by atoms with Gasteiger partial charge in [0, 0.05) is 12.8 Å². The Labute approximate surface area is 119 Å². The minimum atomic E-state index is -0.231. The molecule has 2 unspecified atom stereocenters. The van der Waals surface area contributed by atoms with Crippen LogP contribution in [0.15, 0.2) is 30.3 Å². The SMILES string of the molecule is Oc1ccc(C2=CCC3CC4(CCC3C2)OCO4)cc1. The van der Waals surface area contributed by atoms with Gasteiger partial charge in [-0.25, -0.2) is 0 Å². The number of hydrogen-bond donors (Lipinski definition) is 1. The molecule has 3 aliphatic rings. The molecular formula is C17H20O3. The maximum Gasteiger partial charge on any atom is 0.174 e. The van der Waals surface area contributed by atoms with Crippen LogP contribution in [0, 0.1) is 11.8 Å². The summed E-state index contributed by atoms with van der Waals surface area (Å²) in [5.74, 6) is 1.56. The highest BCUT2D eigenvalue weighted by molar-refractivity contribution is 5.67. The molecule has 1 N–H and O–H groups in total. The molecule has 0 amide bonds. The minimum Gasteiger partial charge on any atom is -0.508 e. The highest BCUT2D eigenvalue weighted by Gasteiger charge is 2.47. The summed E-state index contributed by atoms with van der Waals surface area (Å²) in [5.41, 5.74) is 2.68. The lowest BCUT2D eigenvalue weighted by atomic mass is 9.68. The van der Waals surface area contributed by atoms with Crippen molar-refractivity contribution in [2.24, 2.45) is 11.8 Å². The van der Waals surface area contributed by atoms with Crippen molar-refractivity contribution in [1.82, 2.24) is 0 Å². The molecule has 20 heavy (non-hydrogen) atoms. The molecule has 0 bridgehead atoms. The van der Waals surface area contributed by atoms with Crippen LogP contribution in [0.4, 0.5) is 0 Å². The Morgan fingerprint density at radius 3 is 2.60 bits per heavy atom. The van der Waals surface area contributed by atoms with E-state index in [1.807, 2.05) is 12.1 Å². The number of fused-ring (bicyclic) bond motifs is 1. The first kappa shape index (κ1) is 12.4. The Balaban J connectivity index is 1.51. The zero-order chi connectivity index (χ0) is 13.6. The van der Waals surface area contributed by atoms with Crippen LogP contribution in [0.5, 0.6) is 5.75 Å². The number of rotatable bonds is 1. The summed E-state index contributed by atoms with van der Waals surface area (Å²) in [4.78, 5) is 0. The van der Waals surface area contributed by atoms with E-state index in [0.29, 0.717) is 18.5 Å². The standard InChI is InChI=1S/C17H20O3/c18-16-5-3-12(4-6-16)13-1-2-15-10-17(19-11-20-17)8-7-14(15)9-13/h1,3-6,14-15,18H,2,7-11H2. The van der Waals surface area contributed by atoms with E-state index in [9.17, 15) is 5.11 Å². The summed E-state index contributed by atoms with van der Waals surface area (Å²) in [7, 11) is 0. The Kier molecular flexibility index (Phi) is 2.86. The van der Waals surface area contributed by atoms with Crippen LogP contribution < -0.4 is 0 Å². The lowest BCUT2D eigenvalue weighted by Gasteiger charge is -2.50. The molecule has 0 radical (unpaired) electrons. The molecule has 2 aliphatic carbocycles. The van der Waals surface area contributed by atoms with E-state index in [1.165, 1.54) is 17.6 Å².